The van der Waals surface area contributed by atoms with Crippen LogP contribution in [0.25, 0.3) is 0 Å². The molecule has 1 aromatic heterocycles. The van der Waals surface area contributed by atoms with Crippen LogP contribution in [-0.4, -0.2) is 48.3 Å². The minimum absolute atomic E-state index is 0.344. The molecule has 0 bridgehead atoms. The lowest BCUT2D eigenvalue weighted by molar-refractivity contribution is 0.172. The van der Waals surface area contributed by atoms with Crippen LogP contribution in [0.15, 0.2) is 23.7 Å². The first-order chi connectivity index (χ1) is 12.2. The van der Waals surface area contributed by atoms with E-state index in [2.05, 4.69) is 40.9 Å². The molecule has 0 spiro atoms. The molecule has 0 unspecified atom stereocenters. The summed E-state index contributed by atoms with van der Waals surface area (Å²) >= 11 is 1.76. The second-order valence-corrected chi connectivity index (χ2v) is 8.04. The van der Waals surface area contributed by atoms with Gasteiger partial charge in [-0.2, -0.15) is 0 Å². The maximum absolute atomic E-state index is 5.64. The van der Waals surface area contributed by atoms with E-state index in [1.54, 1.807) is 11.3 Å². The topological polar surface area (TPSA) is 37.8 Å². The number of aryl methyl sites for hydroxylation is 1. The summed E-state index contributed by atoms with van der Waals surface area (Å²) < 4.78 is 11.1. The van der Waals surface area contributed by atoms with Gasteiger partial charge >= 0.3 is 0 Å². The third-order valence-electron chi connectivity index (χ3n) is 5.07. The molecule has 1 saturated heterocycles. The minimum Gasteiger partial charge on any atom is -0.454 e. The van der Waals surface area contributed by atoms with Gasteiger partial charge in [-0.05, 0) is 38.9 Å². The van der Waals surface area contributed by atoms with Crippen LogP contribution in [0.3, 0.4) is 0 Å². The van der Waals surface area contributed by atoms with E-state index in [-0.39, 0.29) is 0 Å². The fraction of sp³-hybridized carbons (Fsp3) is 0.526. The maximum atomic E-state index is 5.64. The summed E-state index contributed by atoms with van der Waals surface area (Å²) in [6, 6.07) is 6.19. The zero-order valence-electron chi connectivity index (χ0n) is 14.9. The molecular weight excluding hydrogens is 334 g/mol. The van der Waals surface area contributed by atoms with Crippen molar-refractivity contribution in [1.82, 2.24) is 14.8 Å². The van der Waals surface area contributed by atoms with Gasteiger partial charge < -0.3 is 14.4 Å². The number of fused-ring (bicyclic) bond motifs is 1. The van der Waals surface area contributed by atoms with Crippen molar-refractivity contribution in [2.75, 3.05) is 33.5 Å². The number of benzene rings is 1. The van der Waals surface area contributed by atoms with Crippen molar-refractivity contribution in [2.45, 2.75) is 26.4 Å². The Balaban J connectivity index is 1.30. The van der Waals surface area contributed by atoms with Crippen molar-refractivity contribution >= 4 is 11.3 Å². The molecule has 2 aliphatic heterocycles. The van der Waals surface area contributed by atoms with Crippen LogP contribution in [0.1, 0.15) is 22.6 Å². The minimum atomic E-state index is 0.344. The summed E-state index contributed by atoms with van der Waals surface area (Å²) in [5.74, 6) is 2.55. The predicted octanol–water partition coefficient (Wildman–Crippen LogP) is 3.13. The van der Waals surface area contributed by atoms with Crippen LogP contribution in [0.2, 0.25) is 0 Å². The van der Waals surface area contributed by atoms with Crippen molar-refractivity contribution in [3.8, 4) is 11.5 Å². The number of para-hydroxylation sites is 1. The Hall–Kier alpha value is -1.63. The number of nitrogens with zero attached hydrogens (tertiary/aromatic N) is 3. The van der Waals surface area contributed by atoms with Crippen molar-refractivity contribution in [3.63, 3.8) is 0 Å². The van der Waals surface area contributed by atoms with E-state index in [9.17, 15) is 0 Å². The molecule has 5 nitrogen and oxygen atoms in total. The molecule has 4 rings (SSSR count). The third kappa shape index (κ3) is 3.81. The summed E-state index contributed by atoms with van der Waals surface area (Å²) in [7, 11) is 2.22. The van der Waals surface area contributed by atoms with E-state index in [1.165, 1.54) is 22.6 Å². The van der Waals surface area contributed by atoms with Crippen molar-refractivity contribution in [1.29, 1.82) is 0 Å². The van der Waals surface area contributed by atoms with E-state index in [0.29, 0.717) is 6.79 Å². The molecular formula is C19H25N3O2S. The van der Waals surface area contributed by atoms with Gasteiger partial charge in [0, 0.05) is 36.6 Å². The predicted molar refractivity (Wildman–Crippen MR) is 99.1 cm³/mol. The molecule has 134 valence electrons. The Bertz CT molecular complexity index is 733. The van der Waals surface area contributed by atoms with Crippen molar-refractivity contribution in [2.24, 2.45) is 5.92 Å². The van der Waals surface area contributed by atoms with Gasteiger partial charge in [0.1, 0.15) is 0 Å². The maximum Gasteiger partial charge on any atom is 0.231 e. The number of likely N-dealkylation sites (tertiary alicyclic amines) is 1. The second-order valence-electron chi connectivity index (χ2n) is 7.10. The second kappa shape index (κ2) is 7.32. The van der Waals surface area contributed by atoms with Crippen LogP contribution in [0, 0.1) is 12.8 Å². The molecule has 3 heterocycles. The smallest absolute Gasteiger partial charge is 0.231 e. The Morgan fingerprint density at radius 1 is 1.36 bits per heavy atom. The summed E-state index contributed by atoms with van der Waals surface area (Å²) in [6.07, 6.45) is 1.26. The number of thiazole rings is 1. The quantitative estimate of drug-likeness (QED) is 0.792. The molecule has 0 aliphatic carbocycles. The molecule has 1 atom stereocenters. The summed E-state index contributed by atoms with van der Waals surface area (Å²) in [6.45, 7) is 7.84. The molecule has 0 amide bonds. The number of rotatable bonds is 6. The van der Waals surface area contributed by atoms with Crippen molar-refractivity contribution in [3.05, 3.63) is 39.8 Å². The van der Waals surface area contributed by atoms with E-state index in [4.69, 9.17) is 9.47 Å². The SMILES string of the molecule is Cc1ncsc1CN(C)C[C@H]1CCN(Cc2cccc3c2OCO3)C1. The van der Waals surface area contributed by atoms with Crippen LogP contribution in [0.4, 0.5) is 0 Å². The van der Waals surface area contributed by atoms with E-state index < -0.39 is 0 Å². The normalized spacial score (nSPS) is 19.9. The monoisotopic (exact) mass is 359 g/mol. The first-order valence-corrected chi connectivity index (χ1v) is 9.74. The van der Waals surface area contributed by atoms with Gasteiger partial charge in [0.05, 0.1) is 11.2 Å². The molecule has 2 aromatic rings. The molecule has 2 aliphatic rings. The summed E-state index contributed by atoms with van der Waals surface area (Å²) in [5, 5.41) is 0. The average Bonchev–Trinajstić information content (AvgIpc) is 3.31. The number of hydrogen-bond donors (Lipinski definition) is 0. The average molecular weight is 359 g/mol. The molecule has 0 saturated carbocycles. The Kier molecular flexibility index (Phi) is 4.92. The van der Waals surface area contributed by atoms with Gasteiger partial charge in [0.15, 0.2) is 11.5 Å². The van der Waals surface area contributed by atoms with Gasteiger partial charge in [-0.15, -0.1) is 11.3 Å². The van der Waals surface area contributed by atoms with E-state index >= 15 is 0 Å². The molecule has 1 fully saturated rings. The first-order valence-electron chi connectivity index (χ1n) is 8.86. The first kappa shape index (κ1) is 16.8. The van der Waals surface area contributed by atoms with Crippen LogP contribution in [-0.2, 0) is 13.1 Å². The Morgan fingerprint density at radius 2 is 2.28 bits per heavy atom. The highest BCUT2D eigenvalue weighted by molar-refractivity contribution is 7.09. The standard InChI is InChI=1S/C19H25N3O2S/c1-14-18(25-12-20-14)11-21(2)8-15-6-7-22(9-15)10-16-4-3-5-17-19(16)24-13-23-17/h3-5,12,15H,6-11,13H2,1-2H3/t15-/m1/s1. The van der Waals surface area contributed by atoms with Crippen LogP contribution in [0.5, 0.6) is 11.5 Å². The summed E-state index contributed by atoms with van der Waals surface area (Å²) in [4.78, 5) is 10.7. The molecule has 1 aromatic carbocycles. The lowest BCUT2D eigenvalue weighted by Gasteiger charge is -2.21. The molecule has 25 heavy (non-hydrogen) atoms. The lowest BCUT2D eigenvalue weighted by atomic mass is 10.1. The molecule has 6 heteroatoms. The molecule has 0 radical (unpaired) electrons. The lowest BCUT2D eigenvalue weighted by Crippen LogP contribution is -2.28. The Labute approximate surface area is 153 Å². The highest BCUT2D eigenvalue weighted by Crippen LogP contribution is 2.36. The zero-order valence-corrected chi connectivity index (χ0v) is 15.7. The highest BCUT2D eigenvalue weighted by atomic mass is 32.1. The highest BCUT2D eigenvalue weighted by Gasteiger charge is 2.26. The van der Waals surface area contributed by atoms with Gasteiger partial charge in [-0.3, -0.25) is 4.90 Å². The third-order valence-corrected chi connectivity index (χ3v) is 5.99. The van der Waals surface area contributed by atoms with E-state index in [1.807, 2.05) is 11.6 Å². The fourth-order valence-electron chi connectivity index (χ4n) is 3.79. The van der Waals surface area contributed by atoms with Crippen LogP contribution >= 0.6 is 11.3 Å². The number of aromatic nitrogens is 1. The number of ether oxygens (including phenoxy) is 2. The fourth-order valence-corrected chi connectivity index (χ4v) is 4.65. The molecule has 0 N–H and O–H groups in total. The van der Waals surface area contributed by atoms with Crippen molar-refractivity contribution < 1.29 is 9.47 Å². The largest absolute Gasteiger partial charge is 0.454 e. The summed E-state index contributed by atoms with van der Waals surface area (Å²) in [5.41, 5.74) is 4.36. The zero-order chi connectivity index (χ0) is 17.2. The Morgan fingerprint density at radius 3 is 3.12 bits per heavy atom. The number of hydrogen-bond acceptors (Lipinski definition) is 6. The van der Waals surface area contributed by atoms with Gasteiger partial charge in [0.2, 0.25) is 6.79 Å². The van der Waals surface area contributed by atoms with Gasteiger partial charge in [-0.1, -0.05) is 12.1 Å². The van der Waals surface area contributed by atoms with Gasteiger partial charge in [-0.25, -0.2) is 4.98 Å². The van der Waals surface area contributed by atoms with Crippen LogP contribution < -0.4 is 9.47 Å². The van der Waals surface area contributed by atoms with Gasteiger partial charge in [0.25, 0.3) is 0 Å². The van der Waals surface area contributed by atoms with E-state index in [0.717, 1.165) is 50.1 Å².